The van der Waals surface area contributed by atoms with Crippen LogP contribution < -0.4 is 10.6 Å². The molecule has 0 aliphatic rings. The highest BCUT2D eigenvalue weighted by molar-refractivity contribution is 5.93. The summed E-state index contributed by atoms with van der Waals surface area (Å²) in [6.45, 7) is 2.71. The van der Waals surface area contributed by atoms with E-state index in [1.807, 2.05) is 0 Å². The van der Waals surface area contributed by atoms with E-state index in [0.717, 1.165) is 11.1 Å². The Labute approximate surface area is 155 Å². The number of anilines is 2. The van der Waals surface area contributed by atoms with Gasteiger partial charge in [-0.15, -0.1) is 0 Å². The van der Waals surface area contributed by atoms with Gasteiger partial charge in [0.15, 0.2) is 0 Å². The van der Waals surface area contributed by atoms with Crippen molar-refractivity contribution in [1.82, 2.24) is 0 Å². The van der Waals surface area contributed by atoms with Crippen molar-refractivity contribution in [2.45, 2.75) is 20.3 Å². The lowest BCUT2D eigenvalue weighted by Crippen LogP contribution is -2.07. The maximum atomic E-state index is 11.4. The summed E-state index contributed by atoms with van der Waals surface area (Å²) in [5, 5.41) is 5.24. The van der Waals surface area contributed by atoms with Crippen LogP contribution in [0.4, 0.5) is 22.7 Å². The fourth-order valence-corrected chi connectivity index (χ4v) is 2.49. The van der Waals surface area contributed by atoms with E-state index >= 15 is 0 Å². The highest BCUT2D eigenvalue weighted by Gasteiger charge is 2.09. The summed E-state index contributed by atoms with van der Waals surface area (Å²) in [6, 6.07) is 10.1. The number of nitrogens with zero attached hydrogens (tertiary/aromatic N) is 2. The molecule has 27 heavy (non-hydrogen) atoms. The van der Waals surface area contributed by atoms with Gasteiger partial charge in [0, 0.05) is 13.8 Å². The van der Waals surface area contributed by atoms with Crippen molar-refractivity contribution in [3.05, 3.63) is 47.5 Å². The van der Waals surface area contributed by atoms with E-state index in [4.69, 9.17) is 0 Å². The number of nitrogens with one attached hydrogen (secondary N) is 2. The minimum atomic E-state index is -0.293. The standard InChI is InChI=1S/C19H16N4O4/c1-12(26)22-18-8-14(3-5-16(18)20-10-24)7-15-4-6-17(21-11-25)19(9-15)23-13(2)27/h3-6,8-9H,7H2,1-2H3,(H,22,26)(H,23,27). The van der Waals surface area contributed by atoms with E-state index in [-0.39, 0.29) is 11.8 Å². The zero-order valence-electron chi connectivity index (χ0n) is 14.7. The Morgan fingerprint density at radius 3 is 1.56 bits per heavy atom. The minimum Gasteiger partial charge on any atom is -0.324 e. The number of hydrogen-bond acceptors (Lipinski definition) is 6. The normalized spacial score (nSPS) is 9.56. The lowest BCUT2D eigenvalue weighted by molar-refractivity contribution is -0.115. The zero-order valence-corrected chi connectivity index (χ0v) is 14.7. The molecule has 0 fully saturated rings. The van der Waals surface area contributed by atoms with Gasteiger partial charge in [-0.2, -0.15) is 9.98 Å². The average Bonchev–Trinajstić information content (AvgIpc) is 2.59. The predicted octanol–water partition coefficient (Wildman–Crippen LogP) is 3.13. The Morgan fingerprint density at radius 1 is 0.815 bits per heavy atom. The van der Waals surface area contributed by atoms with Crippen LogP contribution in [0.25, 0.3) is 0 Å². The summed E-state index contributed by atoms with van der Waals surface area (Å²) in [6.07, 6.45) is 3.37. The first-order chi connectivity index (χ1) is 12.9. The highest BCUT2D eigenvalue weighted by Crippen LogP contribution is 2.29. The van der Waals surface area contributed by atoms with Gasteiger partial charge in [0.2, 0.25) is 24.0 Å². The van der Waals surface area contributed by atoms with E-state index in [1.165, 1.54) is 26.0 Å². The first-order valence-electron chi connectivity index (χ1n) is 7.89. The molecule has 2 aromatic carbocycles. The molecule has 0 aromatic heterocycles. The average molecular weight is 364 g/mol. The van der Waals surface area contributed by atoms with E-state index in [2.05, 4.69) is 20.6 Å². The fraction of sp³-hybridized carbons (Fsp3) is 0.158. The number of hydrogen-bond donors (Lipinski definition) is 2. The molecule has 0 aliphatic heterocycles. The van der Waals surface area contributed by atoms with Gasteiger partial charge in [-0.3, -0.25) is 9.59 Å². The SMILES string of the molecule is CC(=O)Nc1cc(Cc2ccc(N=C=O)c(NC(C)=O)c2)ccc1N=C=O. The van der Waals surface area contributed by atoms with Crippen molar-refractivity contribution >= 4 is 46.7 Å². The topological polar surface area (TPSA) is 117 Å². The lowest BCUT2D eigenvalue weighted by Gasteiger charge is -2.11. The van der Waals surface area contributed by atoms with Crippen LogP contribution in [-0.2, 0) is 25.6 Å². The van der Waals surface area contributed by atoms with Crippen molar-refractivity contribution in [3.8, 4) is 0 Å². The van der Waals surface area contributed by atoms with E-state index in [0.29, 0.717) is 29.2 Å². The minimum absolute atomic E-state index is 0.293. The largest absolute Gasteiger partial charge is 0.324 e. The third-order valence-electron chi connectivity index (χ3n) is 3.48. The molecule has 136 valence electrons. The molecule has 0 saturated heterocycles. The molecule has 2 rings (SSSR count). The van der Waals surface area contributed by atoms with Gasteiger partial charge < -0.3 is 10.6 Å². The first-order valence-corrected chi connectivity index (χ1v) is 7.89. The van der Waals surface area contributed by atoms with Gasteiger partial charge in [-0.05, 0) is 41.8 Å². The first kappa shape index (κ1) is 19.5. The summed E-state index contributed by atoms with van der Waals surface area (Å²) < 4.78 is 0. The Morgan fingerprint density at radius 2 is 1.22 bits per heavy atom. The molecule has 0 atom stereocenters. The number of amides is 2. The Bertz CT molecular complexity index is 908. The van der Waals surface area contributed by atoms with Crippen molar-refractivity contribution in [2.24, 2.45) is 9.98 Å². The molecule has 0 aliphatic carbocycles. The van der Waals surface area contributed by atoms with Gasteiger partial charge in [-0.25, -0.2) is 9.59 Å². The van der Waals surface area contributed by atoms with Gasteiger partial charge in [0.25, 0.3) is 0 Å². The molecule has 0 heterocycles. The van der Waals surface area contributed by atoms with Gasteiger partial charge >= 0.3 is 0 Å². The molecule has 2 aromatic rings. The predicted molar refractivity (Wildman–Crippen MR) is 99.9 cm³/mol. The number of benzene rings is 2. The van der Waals surface area contributed by atoms with Crippen molar-refractivity contribution in [3.63, 3.8) is 0 Å². The monoisotopic (exact) mass is 364 g/mol. The summed E-state index contributed by atoms with van der Waals surface area (Å²) in [4.78, 5) is 50.9. The molecule has 0 saturated carbocycles. The van der Waals surface area contributed by atoms with Crippen LogP contribution in [0.3, 0.4) is 0 Å². The number of carbonyl (C=O) groups is 2. The highest BCUT2D eigenvalue weighted by atomic mass is 16.2. The molecule has 0 radical (unpaired) electrons. The molecular weight excluding hydrogens is 348 g/mol. The van der Waals surface area contributed by atoms with Crippen LogP contribution in [0, 0.1) is 0 Å². The second-order valence-electron chi connectivity index (χ2n) is 5.65. The van der Waals surface area contributed by atoms with E-state index in [9.17, 15) is 19.2 Å². The lowest BCUT2D eigenvalue weighted by atomic mass is 10.0. The van der Waals surface area contributed by atoms with Crippen LogP contribution in [0.2, 0.25) is 0 Å². The number of carbonyl (C=O) groups excluding carboxylic acids is 4. The van der Waals surface area contributed by atoms with Crippen molar-refractivity contribution in [2.75, 3.05) is 10.6 Å². The molecule has 0 bridgehead atoms. The number of rotatable bonds is 6. The van der Waals surface area contributed by atoms with Crippen LogP contribution in [0.15, 0.2) is 46.4 Å². The zero-order chi connectivity index (χ0) is 19.8. The second kappa shape index (κ2) is 9.01. The third-order valence-corrected chi connectivity index (χ3v) is 3.48. The quantitative estimate of drug-likeness (QED) is 0.605. The molecule has 8 nitrogen and oxygen atoms in total. The Kier molecular flexibility index (Phi) is 6.49. The maximum Gasteiger partial charge on any atom is 0.240 e. The van der Waals surface area contributed by atoms with E-state index < -0.39 is 0 Å². The van der Waals surface area contributed by atoms with Gasteiger partial charge in [0.1, 0.15) is 0 Å². The maximum absolute atomic E-state index is 11.4. The fourth-order valence-electron chi connectivity index (χ4n) is 2.49. The van der Waals surface area contributed by atoms with Crippen LogP contribution in [0.1, 0.15) is 25.0 Å². The molecule has 2 amide bonds. The van der Waals surface area contributed by atoms with Crippen LogP contribution in [0.5, 0.6) is 0 Å². The Balaban J connectivity index is 2.38. The molecular formula is C19H16N4O4. The van der Waals surface area contributed by atoms with Crippen molar-refractivity contribution in [1.29, 1.82) is 0 Å². The third kappa shape index (κ3) is 5.57. The Hall–Kier alpha value is -3.86. The summed E-state index contributed by atoms with van der Waals surface area (Å²) >= 11 is 0. The molecule has 0 unspecified atom stereocenters. The summed E-state index contributed by atoms with van der Waals surface area (Å²) in [5.74, 6) is -0.586. The van der Waals surface area contributed by atoms with Gasteiger partial charge in [-0.1, -0.05) is 12.1 Å². The number of isocyanates is 2. The summed E-state index contributed by atoms with van der Waals surface area (Å²) in [7, 11) is 0. The van der Waals surface area contributed by atoms with Gasteiger partial charge in [0.05, 0.1) is 22.7 Å². The molecule has 8 heteroatoms. The molecule has 2 N–H and O–H groups in total. The number of aliphatic imine (C=N–C) groups is 2. The van der Waals surface area contributed by atoms with Crippen LogP contribution in [-0.4, -0.2) is 24.0 Å². The second-order valence-corrected chi connectivity index (χ2v) is 5.65. The van der Waals surface area contributed by atoms with Crippen LogP contribution >= 0.6 is 0 Å². The molecule has 0 spiro atoms. The van der Waals surface area contributed by atoms with Crippen molar-refractivity contribution < 1.29 is 19.2 Å². The summed E-state index contributed by atoms with van der Waals surface area (Å²) in [5.41, 5.74) is 3.07. The van der Waals surface area contributed by atoms with E-state index in [1.54, 1.807) is 36.4 Å². The smallest absolute Gasteiger partial charge is 0.240 e.